The first kappa shape index (κ1) is 37.4. The van der Waals surface area contributed by atoms with Crippen molar-refractivity contribution in [1.29, 1.82) is 0 Å². The molecule has 0 aliphatic rings. The molecular formula is C32H37F2NaO8S. The van der Waals surface area contributed by atoms with E-state index in [1.54, 1.807) is 114 Å². The molecule has 0 radical (unpaired) electrons. The number of benzene rings is 3. The summed E-state index contributed by atoms with van der Waals surface area (Å²) in [4.78, 5) is 27.6. The molecule has 0 saturated heterocycles. The maximum absolute atomic E-state index is 14.2. The van der Waals surface area contributed by atoms with E-state index in [9.17, 15) is 26.8 Å². The average Bonchev–Trinajstić information content (AvgIpc) is 2.90. The molecule has 44 heavy (non-hydrogen) atoms. The van der Waals surface area contributed by atoms with E-state index in [-0.39, 0.29) is 40.9 Å². The van der Waals surface area contributed by atoms with Crippen LogP contribution in [0.5, 0.6) is 5.75 Å². The zero-order chi connectivity index (χ0) is 32.3. The van der Waals surface area contributed by atoms with Crippen LogP contribution in [0.2, 0.25) is 0 Å². The summed E-state index contributed by atoms with van der Waals surface area (Å²) in [6.07, 6.45) is 0. The molecule has 0 aromatic heterocycles. The van der Waals surface area contributed by atoms with Gasteiger partial charge in [0.1, 0.15) is 11.4 Å². The van der Waals surface area contributed by atoms with Crippen molar-refractivity contribution >= 4 is 51.6 Å². The molecule has 0 fully saturated rings. The Bertz CT molecular complexity index is 1490. The number of carbonyl (C=O) groups is 2. The second kappa shape index (κ2) is 14.1. The molecular weight excluding hydrogens is 605 g/mol. The zero-order valence-electron chi connectivity index (χ0n) is 24.8. The van der Waals surface area contributed by atoms with Crippen LogP contribution >= 0.6 is 0 Å². The van der Waals surface area contributed by atoms with Gasteiger partial charge in [0.25, 0.3) is 5.60 Å². The third kappa shape index (κ3) is 8.66. The number of rotatable bonds is 10. The summed E-state index contributed by atoms with van der Waals surface area (Å²) in [6, 6.07) is 23.6. The quantitative estimate of drug-likeness (QED) is 0.166. The van der Waals surface area contributed by atoms with Gasteiger partial charge in [0, 0.05) is 16.7 Å². The average molecular weight is 643 g/mol. The molecule has 1 N–H and O–H groups in total. The molecule has 8 nitrogen and oxygen atoms in total. The molecule has 3 rings (SSSR count). The molecule has 12 heteroatoms. The van der Waals surface area contributed by atoms with E-state index < -0.39 is 56.5 Å². The van der Waals surface area contributed by atoms with Gasteiger partial charge in [-0.1, -0.05) is 99.6 Å². The van der Waals surface area contributed by atoms with E-state index in [4.69, 9.17) is 18.8 Å². The predicted molar refractivity (Wildman–Crippen MR) is 163 cm³/mol. The van der Waals surface area contributed by atoms with Crippen LogP contribution in [0, 0.1) is 5.41 Å². The molecule has 0 spiro atoms. The van der Waals surface area contributed by atoms with E-state index in [1.807, 2.05) is 0 Å². The van der Waals surface area contributed by atoms with Crippen molar-refractivity contribution in [2.45, 2.75) is 63.9 Å². The van der Waals surface area contributed by atoms with Gasteiger partial charge in [0.2, 0.25) is 0 Å². The van der Waals surface area contributed by atoms with Gasteiger partial charge < -0.3 is 14.2 Å². The standard InChI is InChI=1S/C32H36F2O8S.Na.H/c1-29(2,3)26(27(35)40-21-31(33,34)43(37,38)39)24-19-13-14-20-25(24)41-32(22-15-9-7-10-16-22,23-17-11-8-12-18-23)28(36)42-30(4,5)6;;/h7-20,26H,21H2,1-6H3,(H,37,38,39);;. The summed E-state index contributed by atoms with van der Waals surface area (Å²) in [7, 11) is -5.83. The van der Waals surface area contributed by atoms with Crippen LogP contribution in [-0.2, 0) is 34.8 Å². The third-order valence-corrected chi connectivity index (χ3v) is 7.27. The molecule has 0 aliphatic heterocycles. The normalized spacial score (nSPS) is 13.3. The van der Waals surface area contributed by atoms with Crippen LogP contribution in [0.1, 0.15) is 64.2 Å². The third-order valence-electron chi connectivity index (χ3n) is 6.40. The number of ether oxygens (including phenoxy) is 3. The first-order chi connectivity index (χ1) is 19.8. The number of alkyl halides is 2. The molecule has 3 aromatic rings. The first-order valence-electron chi connectivity index (χ1n) is 13.4. The number of para-hydroxylation sites is 1. The van der Waals surface area contributed by atoms with Crippen molar-refractivity contribution < 1.29 is 45.6 Å². The van der Waals surface area contributed by atoms with Gasteiger partial charge in [-0.15, -0.1) is 0 Å². The topological polar surface area (TPSA) is 116 Å². The van der Waals surface area contributed by atoms with Gasteiger partial charge in [-0.25, -0.2) is 4.79 Å². The Morgan fingerprint density at radius 3 is 1.68 bits per heavy atom. The Kier molecular flexibility index (Phi) is 12.0. The van der Waals surface area contributed by atoms with Gasteiger partial charge in [-0.3, -0.25) is 9.35 Å². The first-order valence-corrected chi connectivity index (χ1v) is 14.9. The second-order valence-electron chi connectivity index (χ2n) is 12.1. The number of halogens is 2. The summed E-state index contributed by atoms with van der Waals surface area (Å²) in [5.41, 5.74) is -2.73. The molecule has 0 bridgehead atoms. The maximum atomic E-state index is 14.2. The number of carbonyl (C=O) groups excluding carboxylic acids is 2. The van der Waals surface area contributed by atoms with E-state index >= 15 is 0 Å². The Morgan fingerprint density at radius 1 is 0.795 bits per heavy atom. The molecule has 234 valence electrons. The van der Waals surface area contributed by atoms with Crippen molar-refractivity contribution in [3.63, 3.8) is 0 Å². The Balaban J connectivity index is 0.00000675. The molecule has 0 heterocycles. The number of hydrogen-bond donors (Lipinski definition) is 1. The molecule has 0 amide bonds. The van der Waals surface area contributed by atoms with E-state index in [2.05, 4.69) is 0 Å². The summed E-state index contributed by atoms with van der Waals surface area (Å²) in [5.74, 6) is -3.15. The van der Waals surface area contributed by atoms with Crippen molar-refractivity contribution in [3.05, 3.63) is 102 Å². The molecule has 0 saturated carbocycles. The van der Waals surface area contributed by atoms with Crippen LogP contribution in [0.15, 0.2) is 84.9 Å². The van der Waals surface area contributed by atoms with Gasteiger partial charge in [0.15, 0.2) is 6.61 Å². The van der Waals surface area contributed by atoms with Gasteiger partial charge in [-0.05, 0) is 32.3 Å². The van der Waals surface area contributed by atoms with Crippen molar-refractivity contribution in [2.75, 3.05) is 6.61 Å². The minimum atomic E-state index is -5.83. The Labute approximate surface area is 279 Å². The van der Waals surface area contributed by atoms with Crippen LogP contribution in [0.3, 0.4) is 0 Å². The van der Waals surface area contributed by atoms with Crippen LogP contribution < -0.4 is 4.74 Å². The Morgan fingerprint density at radius 2 is 1.25 bits per heavy atom. The summed E-state index contributed by atoms with van der Waals surface area (Å²) >= 11 is 0. The molecule has 0 aliphatic carbocycles. The fraction of sp³-hybridized carbons (Fsp3) is 0.375. The molecule has 3 aromatic carbocycles. The second-order valence-corrected chi connectivity index (χ2v) is 13.6. The van der Waals surface area contributed by atoms with Gasteiger partial charge >= 0.3 is 56.9 Å². The van der Waals surface area contributed by atoms with E-state index in [0.29, 0.717) is 11.1 Å². The predicted octanol–water partition coefficient (Wildman–Crippen LogP) is 5.86. The van der Waals surface area contributed by atoms with E-state index in [0.717, 1.165) is 0 Å². The fourth-order valence-corrected chi connectivity index (χ4v) is 4.70. The van der Waals surface area contributed by atoms with Crippen molar-refractivity contribution in [3.8, 4) is 5.75 Å². The van der Waals surface area contributed by atoms with Crippen LogP contribution in [0.25, 0.3) is 0 Å². The number of hydrogen-bond acceptors (Lipinski definition) is 7. The minimum absolute atomic E-state index is 0. The summed E-state index contributed by atoms with van der Waals surface area (Å²) in [6.45, 7) is 8.23. The van der Waals surface area contributed by atoms with E-state index in [1.165, 1.54) is 12.1 Å². The van der Waals surface area contributed by atoms with Crippen LogP contribution in [0.4, 0.5) is 8.78 Å². The van der Waals surface area contributed by atoms with Crippen molar-refractivity contribution in [1.82, 2.24) is 0 Å². The SMILES string of the molecule is CC(C)(C)OC(=O)C(Oc1ccccc1C(C(=O)OCC(F)(F)S(=O)(=O)O)C(C)(C)C)(c1ccccc1)c1ccccc1.[NaH]. The fourth-order valence-electron chi connectivity index (χ4n) is 4.49. The monoisotopic (exact) mass is 642 g/mol. The zero-order valence-corrected chi connectivity index (χ0v) is 25.7. The summed E-state index contributed by atoms with van der Waals surface area (Å²) in [5, 5.41) is -4.71. The molecule has 1 atom stereocenters. The molecule has 1 unspecified atom stereocenters. The Hall–Kier alpha value is -2.83. The van der Waals surface area contributed by atoms with Gasteiger partial charge in [0.05, 0.1) is 5.92 Å². The summed E-state index contributed by atoms with van der Waals surface area (Å²) < 4.78 is 76.3. The van der Waals surface area contributed by atoms with Crippen molar-refractivity contribution in [2.24, 2.45) is 5.41 Å². The van der Waals surface area contributed by atoms with Crippen LogP contribution in [-0.4, -0.2) is 71.9 Å². The number of esters is 2. The van der Waals surface area contributed by atoms with Gasteiger partial charge in [-0.2, -0.15) is 17.2 Å².